The van der Waals surface area contributed by atoms with Crippen LogP contribution >= 0.6 is 0 Å². The van der Waals surface area contributed by atoms with Crippen LogP contribution in [0.5, 0.6) is 0 Å². The van der Waals surface area contributed by atoms with Gasteiger partial charge < -0.3 is 15.0 Å². The topological polar surface area (TPSA) is 116 Å². The zero-order valence-electron chi connectivity index (χ0n) is 18.6. The molecular weight excluding hydrogens is 463 g/mol. The molecule has 0 bridgehead atoms. The molecule has 0 radical (unpaired) electrons. The second-order valence-electron chi connectivity index (χ2n) is 7.76. The molecule has 0 aliphatic carbocycles. The third-order valence-corrected chi connectivity index (χ3v) is 5.39. The molecule has 1 amide bonds. The van der Waals surface area contributed by atoms with Crippen LogP contribution in [0.2, 0.25) is 0 Å². The van der Waals surface area contributed by atoms with Crippen molar-refractivity contribution in [3.05, 3.63) is 75.7 Å². The Morgan fingerprint density at radius 1 is 1.14 bits per heavy atom. The summed E-state index contributed by atoms with van der Waals surface area (Å²) < 4.78 is 44.4. The second kappa shape index (κ2) is 10.00. The van der Waals surface area contributed by atoms with Crippen LogP contribution in [0.25, 0.3) is 21.7 Å². The normalized spacial score (nSPS) is 13.8. The van der Waals surface area contributed by atoms with Crippen molar-refractivity contribution >= 4 is 23.4 Å². The van der Waals surface area contributed by atoms with E-state index in [0.29, 0.717) is 49.1 Å². The van der Waals surface area contributed by atoms with Crippen LogP contribution in [0.4, 0.5) is 30.6 Å². The minimum Gasteiger partial charge on any atom is -0.378 e. The number of hydrogen-bond donors (Lipinski definition) is 1. The van der Waals surface area contributed by atoms with Gasteiger partial charge in [-0.2, -0.15) is 13.2 Å². The number of ether oxygens (including phenoxy) is 1. The quantitative estimate of drug-likeness (QED) is 0.292. The van der Waals surface area contributed by atoms with Gasteiger partial charge in [0.25, 0.3) is 5.91 Å². The molecule has 0 saturated carbocycles. The van der Waals surface area contributed by atoms with E-state index >= 15 is 0 Å². The standard InChI is InChI=1S/C23H20F3N7O2/c1-14-5-6-17(28-21(34)15-3-2-4-16(11-15)23(24,25)26)12-18(14)19-13-20(30-22(29-19)31-32-27)33-7-9-35-10-8-33/h2-6,11-13H,7-10H2,1H3,(H,28,34). The van der Waals surface area contributed by atoms with E-state index in [2.05, 4.69) is 25.3 Å². The third-order valence-electron chi connectivity index (χ3n) is 5.39. The maximum absolute atomic E-state index is 13.0. The van der Waals surface area contributed by atoms with Gasteiger partial charge in [-0.1, -0.05) is 12.1 Å². The molecule has 2 aromatic carbocycles. The smallest absolute Gasteiger partial charge is 0.378 e. The van der Waals surface area contributed by atoms with E-state index < -0.39 is 17.6 Å². The van der Waals surface area contributed by atoms with Gasteiger partial charge in [-0.15, -0.1) is 0 Å². The first kappa shape index (κ1) is 24.0. The van der Waals surface area contributed by atoms with Crippen LogP contribution in [0.3, 0.4) is 0 Å². The highest BCUT2D eigenvalue weighted by atomic mass is 19.4. The summed E-state index contributed by atoms with van der Waals surface area (Å²) in [6.07, 6.45) is -4.55. The lowest BCUT2D eigenvalue weighted by Crippen LogP contribution is -2.36. The molecule has 1 fully saturated rings. The van der Waals surface area contributed by atoms with E-state index in [1.54, 1.807) is 24.3 Å². The van der Waals surface area contributed by atoms with Crippen LogP contribution in [0.15, 0.2) is 53.6 Å². The van der Waals surface area contributed by atoms with Gasteiger partial charge in [0.15, 0.2) is 0 Å². The summed E-state index contributed by atoms with van der Waals surface area (Å²) in [5.74, 6) is -0.167. The Labute approximate surface area is 198 Å². The lowest BCUT2D eigenvalue weighted by molar-refractivity contribution is -0.137. The molecule has 2 heterocycles. The molecule has 12 heteroatoms. The van der Waals surface area contributed by atoms with Crippen molar-refractivity contribution in [3.63, 3.8) is 0 Å². The van der Waals surface area contributed by atoms with Gasteiger partial charge in [0, 0.05) is 40.9 Å². The number of aromatic nitrogens is 2. The minimum atomic E-state index is -4.55. The van der Waals surface area contributed by atoms with Crippen molar-refractivity contribution in [2.24, 2.45) is 5.11 Å². The number of anilines is 2. The van der Waals surface area contributed by atoms with Gasteiger partial charge in [-0.25, -0.2) is 9.97 Å². The number of alkyl halides is 3. The summed E-state index contributed by atoms with van der Waals surface area (Å²) in [4.78, 5) is 26.1. The average molecular weight is 483 g/mol. The first-order valence-corrected chi connectivity index (χ1v) is 10.6. The first-order chi connectivity index (χ1) is 16.7. The van der Waals surface area contributed by atoms with Crippen LogP contribution < -0.4 is 10.2 Å². The fourth-order valence-electron chi connectivity index (χ4n) is 3.61. The van der Waals surface area contributed by atoms with Gasteiger partial charge >= 0.3 is 6.18 Å². The maximum atomic E-state index is 13.0. The molecule has 1 saturated heterocycles. The second-order valence-corrected chi connectivity index (χ2v) is 7.76. The SMILES string of the molecule is Cc1ccc(NC(=O)c2cccc(C(F)(F)F)c2)cc1-c1cc(N2CCOCC2)nc(N=[N+]=[N-])n1. The van der Waals surface area contributed by atoms with Crippen molar-refractivity contribution in [1.82, 2.24) is 9.97 Å². The van der Waals surface area contributed by atoms with Crippen molar-refractivity contribution in [2.75, 3.05) is 36.5 Å². The number of aryl methyl sites for hydroxylation is 1. The Kier molecular flexibility index (Phi) is 6.85. The number of carbonyl (C=O) groups is 1. The van der Waals surface area contributed by atoms with Crippen molar-refractivity contribution < 1.29 is 22.7 Å². The van der Waals surface area contributed by atoms with Gasteiger partial charge in [-0.05, 0) is 53.5 Å². The van der Waals surface area contributed by atoms with Gasteiger partial charge in [-0.3, -0.25) is 4.79 Å². The van der Waals surface area contributed by atoms with Gasteiger partial charge in [0.2, 0.25) is 5.95 Å². The van der Waals surface area contributed by atoms with E-state index in [0.717, 1.165) is 17.7 Å². The molecule has 1 N–H and O–H groups in total. The summed E-state index contributed by atoms with van der Waals surface area (Å²) in [7, 11) is 0. The molecule has 1 aliphatic heterocycles. The summed E-state index contributed by atoms with van der Waals surface area (Å²) >= 11 is 0. The number of halogens is 3. The van der Waals surface area contributed by atoms with Crippen LogP contribution in [-0.2, 0) is 10.9 Å². The predicted molar refractivity (Wildman–Crippen MR) is 123 cm³/mol. The monoisotopic (exact) mass is 483 g/mol. The number of amides is 1. The van der Waals surface area contributed by atoms with E-state index in [4.69, 9.17) is 10.3 Å². The van der Waals surface area contributed by atoms with Crippen molar-refractivity contribution in [2.45, 2.75) is 13.1 Å². The number of nitrogens with zero attached hydrogens (tertiary/aromatic N) is 6. The number of morpholine rings is 1. The Morgan fingerprint density at radius 3 is 2.63 bits per heavy atom. The zero-order valence-corrected chi connectivity index (χ0v) is 18.6. The van der Waals surface area contributed by atoms with Crippen LogP contribution in [0, 0.1) is 6.92 Å². The Balaban J connectivity index is 1.66. The van der Waals surface area contributed by atoms with E-state index in [1.165, 1.54) is 12.1 Å². The molecule has 0 atom stereocenters. The minimum absolute atomic E-state index is 0.0516. The highest BCUT2D eigenvalue weighted by Crippen LogP contribution is 2.31. The molecule has 180 valence electrons. The van der Waals surface area contributed by atoms with Crippen molar-refractivity contribution in [1.29, 1.82) is 0 Å². The lowest BCUT2D eigenvalue weighted by Gasteiger charge is -2.28. The Bertz CT molecular complexity index is 1300. The Hall–Kier alpha value is -4.15. The van der Waals surface area contributed by atoms with E-state index in [-0.39, 0.29) is 11.5 Å². The third kappa shape index (κ3) is 5.68. The summed E-state index contributed by atoms with van der Waals surface area (Å²) in [6.45, 7) is 4.13. The summed E-state index contributed by atoms with van der Waals surface area (Å²) in [5.41, 5.74) is 10.2. The molecule has 1 aliphatic rings. The molecule has 0 spiro atoms. The number of carbonyl (C=O) groups excluding carboxylic acids is 1. The highest BCUT2D eigenvalue weighted by Gasteiger charge is 2.31. The average Bonchev–Trinajstić information content (AvgIpc) is 2.85. The fourth-order valence-corrected chi connectivity index (χ4v) is 3.61. The van der Waals surface area contributed by atoms with Crippen LogP contribution in [0.1, 0.15) is 21.5 Å². The van der Waals surface area contributed by atoms with E-state index in [1.807, 2.05) is 11.8 Å². The van der Waals surface area contributed by atoms with Crippen LogP contribution in [-0.4, -0.2) is 42.2 Å². The van der Waals surface area contributed by atoms with E-state index in [9.17, 15) is 18.0 Å². The molecule has 3 aromatic rings. The molecule has 0 unspecified atom stereocenters. The summed E-state index contributed by atoms with van der Waals surface area (Å²) in [5, 5.41) is 6.19. The lowest BCUT2D eigenvalue weighted by atomic mass is 10.0. The number of nitrogens with one attached hydrogen (secondary N) is 1. The number of azide groups is 1. The largest absolute Gasteiger partial charge is 0.416 e. The molecule has 4 rings (SSSR count). The zero-order chi connectivity index (χ0) is 25.0. The first-order valence-electron chi connectivity index (χ1n) is 10.6. The van der Waals surface area contributed by atoms with Crippen molar-refractivity contribution in [3.8, 4) is 11.3 Å². The molecule has 9 nitrogen and oxygen atoms in total. The molecule has 35 heavy (non-hydrogen) atoms. The predicted octanol–water partition coefficient (Wildman–Crippen LogP) is 5.50. The van der Waals surface area contributed by atoms with Gasteiger partial charge in [0.1, 0.15) is 5.82 Å². The number of benzene rings is 2. The van der Waals surface area contributed by atoms with Gasteiger partial charge in [0.05, 0.1) is 24.5 Å². The molecular formula is C23H20F3N7O2. The number of hydrogen-bond acceptors (Lipinski definition) is 6. The highest BCUT2D eigenvalue weighted by molar-refractivity contribution is 6.04. The Morgan fingerprint density at radius 2 is 1.91 bits per heavy atom. The fraction of sp³-hybridized carbons (Fsp3) is 0.261. The number of rotatable bonds is 5. The summed E-state index contributed by atoms with van der Waals surface area (Å²) in [6, 6.07) is 11.0. The molecule has 1 aromatic heterocycles. The maximum Gasteiger partial charge on any atom is 0.416 e.